The number of amides is 1. The van der Waals surface area contributed by atoms with E-state index in [2.05, 4.69) is 15.4 Å². The molecule has 1 aromatic carbocycles. The maximum atomic E-state index is 12.3. The van der Waals surface area contributed by atoms with Crippen molar-refractivity contribution in [1.82, 2.24) is 5.32 Å². The molecule has 4 nitrogen and oxygen atoms in total. The molecule has 1 aromatic rings. The average molecular weight is 339 g/mol. The molecule has 8 heteroatoms. The molecule has 1 aliphatic rings. The lowest BCUT2D eigenvalue weighted by Gasteiger charge is -2.14. The summed E-state index contributed by atoms with van der Waals surface area (Å²) in [5.74, 6) is -0.251. The SMILES string of the molecule is Cl.O=C(CCC1CCNC1)Nc1ccccc1OC(F)(F)F. The topological polar surface area (TPSA) is 50.4 Å². The van der Waals surface area contributed by atoms with Crippen LogP contribution in [0, 0.1) is 5.92 Å². The van der Waals surface area contributed by atoms with E-state index in [1.807, 2.05) is 0 Å². The maximum Gasteiger partial charge on any atom is 0.573 e. The van der Waals surface area contributed by atoms with Crippen molar-refractivity contribution in [2.45, 2.75) is 25.6 Å². The second-order valence-electron chi connectivity index (χ2n) is 4.99. The molecule has 1 fully saturated rings. The number of rotatable bonds is 5. The number of halogens is 4. The summed E-state index contributed by atoms with van der Waals surface area (Å²) in [6, 6.07) is 5.51. The van der Waals surface area contributed by atoms with E-state index in [1.165, 1.54) is 18.2 Å². The van der Waals surface area contributed by atoms with Gasteiger partial charge >= 0.3 is 6.36 Å². The lowest BCUT2D eigenvalue weighted by molar-refractivity contribution is -0.274. The van der Waals surface area contributed by atoms with E-state index in [4.69, 9.17) is 0 Å². The monoisotopic (exact) mass is 338 g/mol. The molecule has 0 radical (unpaired) electrons. The zero-order chi connectivity index (χ0) is 15.3. The highest BCUT2D eigenvalue weighted by Gasteiger charge is 2.32. The summed E-state index contributed by atoms with van der Waals surface area (Å²) < 4.78 is 40.7. The third-order valence-corrected chi connectivity index (χ3v) is 3.33. The van der Waals surface area contributed by atoms with Crippen LogP contribution in [0.15, 0.2) is 24.3 Å². The first kappa shape index (κ1) is 18.6. The molecule has 1 unspecified atom stereocenters. The summed E-state index contributed by atoms with van der Waals surface area (Å²) >= 11 is 0. The maximum absolute atomic E-state index is 12.3. The number of alkyl halides is 3. The van der Waals surface area contributed by atoms with Crippen molar-refractivity contribution in [3.63, 3.8) is 0 Å². The van der Waals surface area contributed by atoms with Crippen LogP contribution in [0.5, 0.6) is 5.75 Å². The molecule has 22 heavy (non-hydrogen) atoms. The van der Waals surface area contributed by atoms with Crippen molar-refractivity contribution >= 4 is 24.0 Å². The van der Waals surface area contributed by atoms with Gasteiger partial charge in [0.25, 0.3) is 0 Å². The molecule has 1 aliphatic heterocycles. The zero-order valence-electron chi connectivity index (χ0n) is 11.8. The number of nitrogens with one attached hydrogen (secondary N) is 2. The Morgan fingerprint density at radius 3 is 2.73 bits per heavy atom. The van der Waals surface area contributed by atoms with E-state index in [9.17, 15) is 18.0 Å². The quantitative estimate of drug-likeness (QED) is 0.865. The van der Waals surface area contributed by atoms with Crippen LogP contribution in [0.2, 0.25) is 0 Å². The predicted molar refractivity (Wildman–Crippen MR) is 79.2 cm³/mol. The molecule has 1 atom stereocenters. The molecule has 0 aromatic heterocycles. The van der Waals surface area contributed by atoms with Crippen LogP contribution in [0.4, 0.5) is 18.9 Å². The van der Waals surface area contributed by atoms with E-state index in [-0.39, 0.29) is 30.4 Å². The van der Waals surface area contributed by atoms with Gasteiger partial charge in [-0.3, -0.25) is 4.79 Å². The van der Waals surface area contributed by atoms with Gasteiger partial charge in [-0.15, -0.1) is 25.6 Å². The molecule has 1 saturated heterocycles. The number of hydrogen-bond acceptors (Lipinski definition) is 3. The Hall–Kier alpha value is -1.47. The Morgan fingerprint density at radius 2 is 2.09 bits per heavy atom. The first-order chi connectivity index (χ1) is 9.94. The number of carbonyl (C=O) groups excluding carboxylic acids is 1. The summed E-state index contributed by atoms with van der Waals surface area (Å²) in [5, 5.41) is 5.68. The lowest BCUT2D eigenvalue weighted by Crippen LogP contribution is -2.20. The Kier molecular flexibility index (Phi) is 6.96. The van der Waals surface area contributed by atoms with Crippen molar-refractivity contribution in [2.24, 2.45) is 5.92 Å². The number of anilines is 1. The number of para-hydroxylation sites is 2. The molecule has 0 spiro atoms. The first-order valence-electron chi connectivity index (χ1n) is 6.79. The summed E-state index contributed by atoms with van der Waals surface area (Å²) in [7, 11) is 0. The van der Waals surface area contributed by atoms with E-state index in [1.54, 1.807) is 6.07 Å². The Balaban J connectivity index is 0.00000242. The van der Waals surface area contributed by atoms with Gasteiger partial charge in [0.1, 0.15) is 0 Å². The largest absolute Gasteiger partial charge is 0.573 e. The van der Waals surface area contributed by atoms with Gasteiger partial charge in [0, 0.05) is 6.42 Å². The predicted octanol–water partition coefficient (Wildman–Crippen LogP) is 3.34. The van der Waals surface area contributed by atoms with E-state index >= 15 is 0 Å². The molecule has 1 heterocycles. The molecular weight excluding hydrogens is 321 g/mol. The van der Waals surface area contributed by atoms with Crippen molar-refractivity contribution in [3.05, 3.63) is 24.3 Å². The van der Waals surface area contributed by atoms with Gasteiger partial charge in [0.15, 0.2) is 5.75 Å². The Labute approximate surface area is 132 Å². The normalized spacial score (nSPS) is 17.7. The molecule has 0 saturated carbocycles. The molecule has 2 N–H and O–H groups in total. The van der Waals surface area contributed by atoms with Gasteiger partial charge in [-0.25, -0.2) is 0 Å². The van der Waals surface area contributed by atoms with E-state index < -0.39 is 12.1 Å². The van der Waals surface area contributed by atoms with Gasteiger partial charge in [-0.2, -0.15) is 0 Å². The van der Waals surface area contributed by atoms with Crippen molar-refractivity contribution in [2.75, 3.05) is 18.4 Å². The third-order valence-electron chi connectivity index (χ3n) is 3.33. The summed E-state index contributed by atoms with van der Waals surface area (Å²) in [5.41, 5.74) is 0.0318. The highest BCUT2D eigenvalue weighted by Crippen LogP contribution is 2.30. The third kappa shape index (κ3) is 6.11. The van der Waals surface area contributed by atoms with Gasteiger partial charge in [-0.1, -0.05) is 12.1 Å². The average Bonchev–Trinajstić information content (AvgIpc) is 2.90. The fourth-order valence-electron chi connectivity index (χ4n) is 2.29. The van der Waals surface area contributed by atoms with Gasteiger partial charge in [-0.05, 0) is 44.0 Å². The van der Waals surface area contributed by atoms with E-state index in [0.29, 0.717) is 5.92 Å². The van der Waals surface area contributed by atoms with Crippen molar-refractivity contribution in [1.29, 1.82) is 0 Å². The summed E-state index contributed by atoms with van der Waals surface area (Å²) in [6.07, 6.45) is -2.74. The second kappa shape index (κ2) is 8.24. The number of ether oxygens (including phenoxy) is 1. The van der Waals surface area contributed by atoms with Crippen LogP contribution in [0.25, 0.3) is 0 Å². The summed E-state index contributed by atoms with van der Waals surface area (Å²) in [6.45, 7) is 1.84. The van der Waals surface area contributed by atoms with Crippen LogP contribution in [0.3, 0.4) is 0 Å². The van der Waals surface area contributed by atoms with Crippen LogP contribution in [0.1, 0.15) is 19.3 Å². The lowest BCUT2D eigenvalue weighted by atomic mass is 10.0. The second-order valence-corrected chi connectivity index (χ2v) is 4.99. The molecular formula is C14H18ClF3N2O2. The molecule has 0 bridgehead atoms. The van der Waals surface area contributed by atoms with Gasteiger partial charge in [0.2, 0.25) is 5.91 Å². The highest BCUT2D eigenvalue weighted by atomic mass is 35.5. The minimum atomic E-state index is -4.78. The zero-order valence-corrected chi connectivity index (χ0v) is 12.6. The fraction of sp³-hybridized carbons (Fsp3) is 0.500. The molecule has 0 aliphatic carbocycles. The first-order valence-corrected chi connectivity index (χ1v) is 6.79. The molecule has 124 valence electrons. The number of carbonyl (C=O) groups is 1. The van der Waals surface area contributed by atoms with Crippen molar-refractivity contribution < 1.29 is 22.7 Å². The smallest absolute Gasteiger partial charge is 0.404 e. The standard InChI is InChI=1S/C14H17F3N2O2.ClH/c15-14(16,17)21-12-4-2-1-3-11(12)19-13(20)6-5-10-7-8-18-9-10;/h1-4,10,18H,5-9H2,(H,19,20);1H. The Bertz CT molecular complexity index is 491. The van der Waals surface area contributed by atoms with Crippen LogP contribution >= 0.6 is 12.4 Å². The van der Waals surface area contributed by atoms with Crippen LogP contribution < -0.4 is 15.4 Å². The fourth-order valence-corrected chi connectivity index (χ4v) is 2.29. The minimum Gasteiger partial charge on any atom is -0.404 e. The number of hydrogen-bond donors (Lipinski definition) is 2. The van der Waals surface area contributed by atoms with Gasteiger partial charge in [0.05, 0.1) is 5.69 Å². The Morgan fingerprint density at radius 1 is 1.36 bits per heavy atom. The van der Waals surface area contributed by atoms with Crippen LogP contribution in [-0.4, -0.2) is 25.4 Å². The summed E-state index contributed by atoms with van der Waals surface area (Å²) in [4.78, 5) is 11.8. The van der Waals surface area contributed by atoms with E-state index in [0.717, 1.165) is 25.9 Å². The number of benzene rings is 1. The molecule has 2 rings (SSSR count). The highest BCUT2D eigenvalue weighted by molar-refractivity contribution is 5.92. The minimum absolute atomic E-state index is 0. The molecule has 1 amide bonds. The van der Waals surface area contributed by atoms with Crippen molar-refractivity contribution in [3.8, 4) is 5.75 Å². The van der Waals surface area contributed by atoms with Gasteiger partial charge < -0.3 is 15.4 Å². The van der Waals surface area contributed by atoms with Crippen LogP contribution in [-0.2, 0) is 4.79 Å².